The fraction of sp³-hybridized carbons (Fsp3) is 0.889. The first kappa shape index (κ1) is 17.1. The maximum absolute atomic E-state index is 10.0. The second kappa shape index (κ2) is 9.71. The van der Waals surface area contributed by atoms with E-state index in [1.54, 1.807) is 12.2 Å². The van der Waals surface area contributed by atoms with E-state index in [1.165, 1.54) is 51.4 Å². The van der Waals surface area contributed by atoms with Gasteiger partial charge >= 0.3 is 0 Å². The highest BCUT2D eigenvalue weighted by Crippen LogP contribution is 2.51. The van der Waals surface area contributed by atoms with Crippen LogP contribution in [0.25, 0.3) is 0 Å². The van der Waals surface area contributed by atoms with Crippen LogP contribution in [0.4, 0.5) is 0 Å². The zero-order valence-electron chi connectivity index (χ0n) is 13.5. The lowest BCUT2D eigenvalue weighted by Crippen LogP contribution is -2.37. The van der Waals surface area contributed by atoms with E-state index >= 15 is 0 Å². The van der Waals surface area contributed by atoms with Gasteiger partial charge in [-0.15, -0.1) is 0 Å². The van der Waals surface area contributed by atoms with Crippen LogP contribution in [-0.2, 0) is 9.59 Å². The van der Waals surface area contributed by atoms with Crippen molar-refractivity contribution in [3.05, 3.63) is 0 Å². The summed E-state index contributed by atoms with van der Waals surface area (Å²) >= 11 is 0. The van der Waals surface area contributed by atoms with Crippen LogP contribution < -0.4 is 0 Å². The maximum atomic E-state index is 10.0. The Bertz CT molecular complexity index is 385. The van der Waals surface area contributed by atoms with Crippen LogP contribution in [0.5, 0.6) is 0 Å². The van der Waals surface area contributed by atoms with Crippen LogP contribution in [0, 0.1) is 23.7 Å². The Morgan fingerprint density at radius 2 is 1.18 bits per heavy atom. The third-order valence-corrected chi connectivity index (χ3v) is 5.77. The first-order valence-corrected chi connectivity index (χ1v) is 8.92. The molecule has 0 heterocycles. The lowest BCUT2D eigenvalue weighted by Gasteiger charge is -2.48. The molecule has 0 aromatic rings. The van der Waals surface area contributed by atoms with Crippen LogP contribution >= 0.6 is 0 Å². The molecule has 4 heteroatoms. The molecule has 22 heavy (non-hydrogen) atoms. The van der Waals surface area contributed by atoms with E-state index in [0.717, 1.165) is 36.5 Å². The number of hydrogen-bond donors (Lipinski definition) is 0. The average molecular weight is 304 g/mol. The van der Waals surface area contributed by atoms with Crippen LogP contribution in [0.2, 0.25) is 0 Å². The number of aliphatic imine (C=N–C) groups is 2. The van der Waals surface area contributed by atoms with Gasteiger partial charge in [-0.05, 0) is 62.2 Å². The van der Waals surface area contributed by atoms with Crippen molar-refractivity contribution in [2.24, 2.45) is 33.7 Å². The van der Waals surface area contributed by atoms with Gasteiger partial charge in [0.2, 0.25) is 12.2 Å². The van der Waals surface area contributed by atoms with Crippen LogP contribution in [0.15, 0.2) is 9.98 Å². The second-order valence-electron chi connectivity index (χ2n) is 7.03. The van der Waals surface area contributed by atoms with Gasteiger partial charge in [0.05, 0.1) is 13.1 Å². The van der Waals surface area contributed by atoms with E-state index in [0.29, 0.717) is 13.1 Å². The molecule has 0 spiro atoms. The van der Waals surface area contributed by atoms with Crippen LogP contribution in [0.3, 0.4) is 0 Å². The summed E-state index contributed by atoms with van der Waals surface area (Å²) in [6.45, 7) is 1.30. The Hall–Kier alpha value is -1.24. The molecule has 3 rings (SSSR count). The standard InChI is InChI=1S/C18H28N2O2/c21-13-19-9-3-1-5-15-11-18-8-7-17(15)12-16(18)6-2-4-10-20-14-22/h15-18H,1-12H2. The number of rotatable bonds is 10. The van der Waals surface area contributed by atoms with Crippen LogP contribution in [0.1, 0.15) is 64.2 Å². The van der Waals surface area contributed by atoms with E-state index in [4.69, 9.17) is 0 Å². The van der Waals surface area contributed by atoms with Gasteiger partial charge in [0.15, 0.2) is 0 Å². The van der Waals surface area contributed by atoms with Crippen molar-refractivity contribution in [2.45, 2.75) is 64.2 Å². The van der Waals surface area contributed by atoms with Gasteiger partial charge in [0.1, 0.15) is 0 Å². The minimum absolute atomic E-state index is 0.649. The van der Waals surface area contributed by atoms with Crippen molar-refractivity contribution in [3.63, 3.8) is 0 Å². The summed E-state index contributed by atoms with van der Waals surface area (Å²) in [5.41, 5.74) is 0. The Kier molecular flexibility index (Phi) is 7.56. The molecule has 3 saturated carbocycles. The topological polar surface area (TPSA) is 58.9 Å². The lowest BCUT2D eigenvalue weighted by molar-refractivity contribution is 0.0304. The summed E-state index contributed by atoms with van der Waals surface area (Å²) in [4.78, 5) is 27.3. The van der Waals surface area contributed by atoms with Gasteiger partial charge < -0.3 is 0 Å². The molecule has 2 bridgehead atoms. The highest BCUT2D eigenvalue weighted by molar-refractivity contribution is 5.32. The summed E-state index contributed by atoms with van der Waals surface area (Å²) < 4.78 is 0. The summed E-state index contributed by atoms with van der Waals surface area (Å²) in [6.07, 6.45) is 16.0. The molecule has 0 radical (unpaired) electrons. The van der Waals surface area contributed by atoms with Crippen molar-refractivity contribution in [1.82, 2.24) is 0 Å². The Morgan fingerprint density at radius 3 is 1.55 bits per heavy atom. The van der Waals surface area contributed by atoms with E-state index < -0.39 is 0 Å². The van der Waals surface area contributed by atoms with Crippen molar-refractivity contribution < 1.29 is 9.59 Å². The largest absolute Gasteiger partial charge is 0.234 e. The lowest BCUT2D eigenvalue weighted by atomic mass is 9.58. The third kappa shape index (κ3) is 5.19. The summed E-state index contributed by atoms with van der Waals surface area (Å²) in [5.74, 6) is 3.68. The monoisotopic (exact) mass is 304 g/mol. The fourth-order valence-corrected chi connectivity index (χ4v) is 4.68. The smallest absolute Gasteiger partial charge is 0.211 e. The molecular formula is C18H28N2O2. The number of carbonyl (C=O) groups excluding carboxylic acids is 2. The number of isocyanates is 2. The van der Waals surface area contributed by atoms with Gasteiger partial charge in [-0.3, -0.25) is 0 Å². The van der Waals surface area contributed by atoms with Crippen LogP contribution in [-0.4, -0.2) is 25.2 Å². The predicted octanol–water partition coefficient (Wildman–Crippen LogP) is 4.05. The quantitative estimate of drug-likeness (QED) is 0.347. The minimum Gasteiger partial charge on any atom is -0.211 e. The third-order valence-electron chi connectivity index (χ3n) is 5.77. The van der Waals surface area contributed by atoms with Gasteiger partial charge in [-0.2, -0.15) is 0 Å². The minimum atomic E-state index is 0.649. The van der Waals surface area contributed by atoms with Crippen molar-refractivity contribution in [2.75, 3.05) is 13.1 Å². The van der Waals surface area contributed by atoms with Crippen molar-refractivity contribution >= 4 is 12.2 Å². The second-order valence-corrected chi connectivity index (χ2v) is 7.03. The van der Waals surface area contributed by atoms with Gasteiger partial charge in [-0.1, -0.05) is 25.7 Å². The first-order chi connectivity index (χ1) is 10.8. The molecule has 0 aliphatic heterocycles. The molecule has 4 nitrogen and oxygen atoms in total. The predicted molar refractivity (Wildman–Crippen MR) is 86.1 cm³/mol. The number of nitrogens with zero attached hydrogens (tertiary/aromatic N) is 2. The highest BCUT2D eigenvalue weighted by Gasteiger charge is 2.40. The molecule has 4 atom stereocenters. The maximum Gasteiger partial charge on any atom is 0.234 e. The summed E-state index contributed by atoms with van der Waals surface area (Å²) in [5, 5.41) is 0. The molecular weight excluding hydrogens is 276 g/mol. The first-order valence-electron chi connectivity index (χ1n) is 8.92. The van der Waals surface area contributed by atoms with Gasteiger partial charge in [-0.25, -0.2) is 19.6 Å². The molecule has 122 valence electrons. The molecule has 0 aromatic carbocycles. The Balaban J connectivity index is 1.65. The van der Waals surface area contributed by atoms with E-state index in [9.17, 15) is 9.59 Å². The molecule has 0 aromatic heterocycles. The summed E-state index contributed by atoms with van der Waals surface area (Å²) in [6, 6.07) is 0. The van der Waals surface area contributed by atoms with E-state index in [2.05, 4.69) is 9.98 Å². The van der Waals surface area contributed by atoms with E-state index in [1.807, 2.05) is 0 Å². The molecule has 3 aliphatic carbocycles. The average Bonchev–Trinajstić information content (AvgIpc) is 2.55. The molecule has 0 amide bonds. The normalized spacial score (nSPS) is 29.6. The zero-order chi connectivity index (χ0) is 15.6. The Morgan fingerprint density at radius 1 is 0.727 bits per heavy atom. The van der Waals surface area contributed by atoms with Crippen molar-refractivity contribution in [1.29, 1.82) is 0 Å². The SMILES string of the molecule is O=C=NCCCCC1CC2CCC1CC2CCCCN=C=O. The number of unbranched alkanes of at least 4 members (excludes halogenated alkanes) is 2. The van der Waals surface area contributed by atoms with Crippen molar-refractivity contribution in [3.8, 4) is 0 Å². The number of hydrogen-bond acceptors (Lipinski definition) is 4. The molecule has 3 aliphatic rings. The molecule has 3 fully saturated rings. The Labute approximate surface area is 133 Å². The van der Waals surface area contributed by atoms with Gasteiger partial charge in [0.25, 0.3) is 0 Å². The molecule has 0 saturated heterocycles. The highest BCUT2D eigenvalue weighted by atomic mass is 16.1. The van der Waals surface area contributed by atoms with Gasteiger partial charge in [0, 0.05) is 0 Å². The molecule has 4 unspecified atom stereocenters. The zero-order valence-corrected chi connectivity index (χ0v) is 13.5. The van der Waals surface area contributed by atoms with E-state index in [-0.39, 0.29) is 0 Å². The summed E-state index contributed by atoms with van der Waals surface area (Å²) in [7, 11) is 0. The molecule has 0 N–H and O–H groups in total. The number of fused-ring (bicyclic) bond motifs is 3. The fourth-order valence-electron chi connectivity index (χ4n) is 4.68.